The number of benzene rings is 1. The van der Waals surface area contributed by atoms with Crippen LogP contribution in [0.2, 0.25) is 0 Å². The van der Waals surface area contributed by atoms with Crippen molar-refractivity contribution in [1.29, 1.82) is 5.26 Å². The van der Waals surface area contributed by atoms with Gasteiger partial charge in [0, 0.05) is 0 Å². The molecule has 0 amide bonds. The molecule has 0 aliphatic carbocycles. The van der Waals surface area contributed by atoms with Gasteiger partial charge in [-0.25, -0.2) is 0 Å². The summed E-state index contributed by atoms with van der Waals surface area (Å²) in [6.45, 7) is 2.05. The number of hydrogen-bond acceptors (Lipinski definition) is 1. The Balaban J connectivity index is 3.01. The van der Waals surface area contributed by atoms with Crippen LogP contribution in [0.15, 0.2) is 18.2 Å². The van der Waals surface area contributed by atoms with Crippen LogP contribution in [-0.4, -0.2) is 7.85 Å². The van der Waals surface area contributed by atoms with E-state index in [2.05, 4.69) is 24.3 Å². The lowest BCUT2D eigenvalue weighted by molar-refractivity contribution is 1.25. The fourth-order valence-corrected chi connectivity index (χ4v) is 1.26. The summed E-state index contributed by atoms with van der Waals surface area (Å²) in [5.74, 6) is 0. The molecule has 0 atom stereocenters. The molecule has 0 aliphatic heterocycles. The number of nitriles is 1. The highest BCUT2D eigenvalue weighted by Gasteiger charge is 1.93. The topological polar surface area (TPSA) is 23.8 Å². The van der Waals surface area contributed by atoms with Gasteiger partial charge in [-0.05, 0) is 12.5 Å². The first kappa shape index (κ1) is 7.88. The summed E-state index contributed by atoms with van der Waals surface area (Å²) >= 11 is 0. The monoisotopic (exact) mass is 143 g/mol. The summed E-state index contributed by atoms with van der Waals surface area (Å²) in [5, 5.41) is 8.45. The van der Waals surface area contributed by atoms with Crippen molar-refractivity contribution in [3.05, 3.63) is 29.3 Å². The number of aryl methyl sites for hydroxylation is 1. The summed E-state index contributed by atoms with van der Waals surface area (Å²) in [6.07, 6.45) is 0.516. The number of rotatable bonds is 1. The van der Waals surface area contributed by atoms with Crippen LogP contribution in [0.4, 0.5) is 0 Å². The Morgan fingerprint density at radius 2 is 2.18 bits per heavy atom. The Hall–Kier alpha value is -1.23. The second-order valence-electron chi connectivity index (χ2n) is 2.83. The first-order chi connectivity index (χ1) is 5.22. The van der Waals surface area contributed by atoms with Crippen molar-refractivity contribution in [1.82, 2.24) is 0 Å². The minimum atomic E-state index is 0.516. The van der Waals surface area contributed by atoms with Crippen LogP contribution in [0, 0.1) is 18.3 Å². The lowest BCUT2D eigenvalue weighted by atomic mass is 9.92. The maximum absolute atomic E-state index is 8.45. The van der Waals surface area contributed by atoms with E-state index in [0.717, 1.165) is 5.56 Å². The van der Waals surface area contributed by atoms with Gasteiger partial charge in [0.2, 0.25) is 0 Å². The molecular formula is C9H10BN. The van der Waals surface area contributed by atoms with Crippen molar-refractivity contribution in [3.8, 4) is 6.07 Å². The van der Waals surface area contributed by atoms with E-state index in [1.165, 1.54) is 11.0 Å². The minimum absolute atomic E-state index is 0.516. The molecule has 1 aromatic rings. The van der Waals surface area contributed by atoms with Gasteiger partial charge in [-0.1, -0.05) is 29.2 Å². The average Bonchev–Trinajstić information content (AvgIpc) is 1.85. The Labute approximate surface area is 68.1 Å². The molecular weight excluding hydrogens is 133 g/mol. The molecule has 2 heteroatoms. The van der Waals surface area contributed by atoms with Crippen molar-refractivity contribution in [2.24, 2.45) is 0 Å². The fourth-order valence-electron chi connectivity index (χ4n) is 1.26. The van der Waals surface area contributed by atoms with Gasteiger partial charge < -0.3 is 0 Å². The van der Waals surface area contributed by atoms with Gasteiger partial charge in [0.15, 0.2) is 0 Å². The van der Waals surface area contributed by atoms with Crippen LogP contribution in [0.3, 0.4) is 0 Å². The van der Waals surface area contributed by atoms with Crippen molar-refractivity contribution >= 4 is 13.3 Å². The van der Waals surface area contributed by atoms with Gasteiger partial charge in [0.1, 0.15) is 7.85 Å². The molecule has 11 heavy (non-hydrogen) atoms. The van der Waals surface area contributed by atoms with E-state index in [0.29, 0.717) is 6.42 Å². The largest absolute Gasteiger partial charge is 0.198 e. The molecule has 0 unspecified atom stereocenters. The van der Waals surface area contributed by atoms with Gasteiger partial charge in [0.25, 0.3) is 0 Å². The molecule has 0 aromatic heterocycles. The fraction of sp³-hybridized carbons (Fsp3) is 0.222. The maximum Gasteiger partial charge on any atom is 0.139 e. The van der Waals surface area contributed by atoms with Crippen molar-refractivity contribution in [2.45, 2.75) is 13.3 Å². The van der Waals surface area contributed by atoms with E-state index in [1.807, 2.05) is 14.8 Å². The molecule has 1 nitrogen and oxygen atoms in total. The van der Waals surface area contributed by atoms with Gasteiger partial charge >= 0.3 is 0 Å². The molecule has 0 saturated heterocycles. The molecule has 1 rings (SSSR count). The van der Waals surface area contributed by atoms with E-state index in [1.54, 1.807) is 0 Å². The normalized spacial score (nSPS) is 9.09. The van der Waals surface area contributed by atoms with Gasteiger partial charge in [0.05, 0.1) is 12.5 Å². The van der Waals surface area contributed by atoms with Gasteiger partial charge in [-0.2, -0.15) is 5.26 Å². The second kappa shape index (κ2) is 3.25. The SMILES string of the molecule is Bc1cc(C)cc(CC#N)c1. The van der Waals surface area contributed by atoms with Crippen LogP contribution in [0.5, 0.6) is 0 Å². The summed E-state index contributed by atoms with van der Waals surface area (Å²) in [6, 6.07) is 8.35. The minimum Gasteiger partial charge on any atom is -0.198 e. The van der Waals surface area contributed by atoms with E-state index in [4.69, 9.17) is 5.26 Å². The summed E-state index contributed by atoms with van der Waals surface area (Å²) in [4.78, 5) is 0. The predicted octanol–water partition coefficient (Wildman–Crippen LogP) is 0.320. The molecule has 0 heterocycles. The predicted molar refractivity (Wildman–Crippen MR) is 48.7 cm³/mol. The molecule has 1 aromatic carbocycles. The lowest BCUT2D eigenvalue weighted by Gasteiger charge is -1.99. The van der Waals surface area contributed by atoms with Crippen molar-refractivity contribution in [2.75, 3.05) is 0 Å². The second-order valence-corrected chi connectivity index (χ2v) is 2.83. The Kier molecular flexibility index (Phi) is 2.33. The first-order valence-corrected chi connectivity index (χ1v) is 3.66. The highest BCUT2D eigenvalue weighted by atomic mass is 14.2. The van der Waals surface area contributed by atoms with Crippen LogP contribution in [0.25, 0.3) is 0 Å². The molecule has 0 bridgehead atoms. The number of hydrogen-bond donors (Lipinski definition) is 0. The summed E-state index contributed by atoms with van der Waals surface area (Å²) in [7, 11) is 2.05. The van der Waals surface area contributed by atoms with Crippen LogP contribution < -0.4 is 5.46 Å². The average molecular weight is 143 g/mol. The van der Waals surface area contributed by atoms with E-state index in [9.17, 15) is 0 Å². The van der Waals surface area contributed by atoms with Crippen LogP contribution >= 0.6 is 0 Å². The summed E-state index contributed by atoms with van der Waals surface area (Å²) < 4.78 is 0. The van der Waals surface area contributed by atoms with Crippen LogP contribution in [-0.2, 0) is 6.42 Å². The Morgan fingerprint density at radius 3 is 2.73 bits per heavy atom. The first-order valence-electron chi connectivity index (χ1n) is 3.66. The Morgan fingerprint density at radius 1 is 1.45 bits per heavy atom. The highest BCUT2D eigenvalue weighted by molar-refractivity contribution is 6.32. The van der Waals surface area contributed by atoms with E-state index < -0.39 is 0 Å². The number of nitrogens with zero attached hydrogens (tertiary/aromatic N) is 1. The third-order valence-electron chi connectivity index (χ3n) is 1.56. The molecule has 0 spiro atoms. The zero-order valence-corrected chi connectivity index (χ0v) is 6.89. The maximum atomic E-state index is 8.45. The zero-order valence-electron chi connectivity index (χ0n) is 6.89. The lowest BCUT2D eigenvalue weighted by Crippen LogP contribution is -2.03. The quantitative estimate of drug-likeness (QED) is 0.519. The molecule has 0 fully saturated rings. The molecule has 0 saturated carbocycles. The third-order valence-corrected chi connectivity index (χ3v) is 1.56. The van der Waals surface area contributed by atoms with Gasteiger partial charge in [-0.15, -0.1) is 0 Å². The van der Waals surface area contributed by atoms with Crippen molar-refractivity contribution in [3.63, 3.8) is 0 Å². The molecule has 0 N–H and O–H groups in total. The standard InChI is InChI=1S/C9H10BN/c1-7-4-8(2-3-11)6-9(10)5-7/h4-6H,2,10H2,1H3. The Bertz CT molecular complexity index is 279. The molecule has 0 radical (unpaired) electrons. The van der Waals surface area contributed by atoms with E-state index in [-0.39, 0.29) is 0 Å². The highest BCUT2D eigenvalue weighted by Crippen LogP contribution is 2.01. The third kappa shape index (κ3) is 2.12. The zero-order chi connectivity index (χ0) is 8.27. The van der Waals surface area contributed by atoms with E-state index >= 15 is 0 Å². The van der Waals surface area contributed by atoms with Gasteiger partial charge in [-0.3, -0.25) is 0 Å². The molecule has 0 aliphatic rings. The summed E-state index contributed by atoms with van der Waals surface area (Å²) in [5.41, 5.74) is 3.58. The van der Waals surface area contributed by atoms with Crippen molar-refractivity contribution < 1.29 is 0 Å². The van der Waals surface area contributed by atoms with Crippen LogP contribution in [0.1, 0.15) is 11.1 Å². The molecule has 54 valence electrons. The smallest absolute Gasteiger partial charge is 0.139 e.